The van der Waals surface area contributed by atoms with Crippen molar-refractivity contribution in [3.05, 3.63) is 95.3 Å². The minimum Gasteiger partial charge on any atom is -0.381 e. The number of carbonyl (C=O) groups excluding carboxylic acids is 6. The largest absolute Gasteiger partial charge is 0.381 e. The number of aromatic nitrogens is 4. The first-order chi connectivity index (χ1) is 30.1. The minimum absolute atomic E-state index is 0.0515. The van der Waals surface area contributed by atoms with Gasteiger partial charge >= 0.3 is 0 Å². The molecule has 16 nitrogen and oxygen atoms in total. The zero-order valence-electron chi connectivity index (χ0n) is 34.1. The van der Waals surface area contributed by atoms with Gasteiger partial charge < -0.3 is 24.0 Å². The average molecular weight is 834 g/mol. The Labute approximate surface area is 355 Å². The number of rotatable bonds is 6. The van der Waals surface area contributed by atoms with Crippen LogP contribution in [0.3, 0.4) is 0 Å². The Kier molecular flexibility index (Phi) is 8.86. The summed E-state index contributed by atoms with van der Waals surface area (Å²) in [7, 11) is 0. The van der Waals surface area contributed by atoms with Crippen LogP contribution in [0.5, 0.6) is 0 Å². The molecule has 3 aromatic heterocycles. The number of imidazole rings is 1. The number of nitrogens with one attached hydrogen (secondary N) is 1. The summed E-state index contributed by atoms with van der Waals surface area (Å²) in [4.78, 5) is 98.7. The molecule has 11 rings (SSSR count). The van der Waals surface area contributed by atoms with Gasteiger partial charge in [-0.15, -0.1) is 0 Å². The van der Waals surface area contributed by atoms with Crippen molar-refractivity contribution in [2.45, 2.75) is 57.7 Å². The summed E-state index contributed by atoms with van der Waals surface area (Å²) in [6.07, 6.45) is 5.55. The molecule has 0 aliphatic carbocycles. The van der Waals surface area contributed by atoms with Gasteiger partial charge in [-0.2, -0.15) is 0 Å². The van der Waals surface area contributed by atoms with Gasteiger partial charge in [-0.3, -0.25) is 49.0 Å². The Morgan fingerprint density at radius 2 is 1.63 bits per heavy atom. The molecule has 314 valence electrons. The summed E-state index contributed by atoms with van der Waals surface area (Å²) in [5, 5.41) is 4.19. The van der Waals surface area contributed by atoms with Crippen LogP contribution in [0.15, 0.2) is 67.0 Å². The molecule has 6 aliphatic rings. The second-order valence-corrected chi connectivity index (χ2v) is 17.4. The zero-order chi connectivity index (χ0) is 42.4. The molecule has 6 aliphatic heterocycles. The summed E-state index contributed by atoms with van der Waals surface area (Å²) in [5.74, 6) is -0.862. The fourth-order valence-corrected chi connectivity index (χ4v) is 10.3. The van der Waals surface area contributed by atoms with Crippen molar-refractivity contribution >= 4 is 51.9 Å². The van der Waals surface area contributed by atoms with Crippen LogP contribution in [-0.2, 0) is 32.2 Å². The van der Waals surface area contributed by atoms with E-state index in [-0.39, 0.29) is 41.2 Å². The molecule has 1 N–H and O–H groups in total. The highest BCUT2D eigenvalue weighted by Crippen LogP contribution is 2.45. The van der Waals surface area contributed by atoms with Gasteiger partial charge in [-0.05, 0) is 55.0 Å². The number of carbonyl (C=O) groups is 6. The van der Waals surface area contributed by atoms with Crippen LogP contribution in [0.1, 0.15) is 81.2 Å². The molecule has 4 fully saturated rings. The third kappa shape index (κ3) is 6.09. The van der Waals surface area contributed by atoms with E-state index in [0.29, 0.717) is 63.1 Å². The van der Waals surface area contributed by atoms with Crippen molar-refractivity contribution < 1.29 is 33.5 Å². The first kappa shape index (κ1) is 38.1. The van der Waals surface area contributed by atoms with E-state index in [1.165, 1.54) is 0 Å². The number of amides is 6. The van der Waals surface area contributed by atoms with Gasteiger partial charge in [0.15, 0.2) is 0 Å². The quantitative estimate of drug-likeness (QED) is 0.246. The molecule has 16 heteroatoms. The summed E-state index contributed by atoms with van der Waals surface area (Å²) < 4.78 is 7.98. The maximum Gasteiger partial charge on any atom is 0.272 e. The van der Waals surface area contributed by atoms with Crippen LogP contribution in [-0.4, -0.2) is 122 Å². The van der Waals surface area contributed by atoms with Crippen LogP contribution < -0.4 is 10.2 Å². The lowest BCUT2D eigenvalue weighted by atomic mass is 9.72. The molecule has 0 radical (unpaired) electrons. The highest BCUT2D eigenvalue weighted by molar-refractivity contribution is 6.25. The maximum atomic E-state index is 13.6. The summed E-state index contributed by atoms with van der Waals surface area (Å²) in [5.41, 5.74) is 5.76. The lowest BCUT2D eigenvalue weighted by Gasteiger charge is -2.61. The molecule has 2 aromatic carbocycles. The molecular formula is C46H43N9O7. The Morgan fingerprint density at radius 1 is 0.839 bits per heavy atom. The van der Waals surface area contributed by atoms with Gasteiger partial charge in [0.2, 0.25) is 17.7 Å². The Hall–Kier alpha value is -6.81. The Morgan fingerprint density at radius 3 is 2.39 bits per heavy atom. The number of anilines is 1. The predicted octanol–water partition coefficient (Wildman–Crippen LogP) is 3.78. The molecule has 0 saturated carbocycles. The molecule has 6 amide bonds. The minimum atomic E-state index is -1.03. The fraction of sp³-hybridized carbons (Fsp3) is 0.370. The van der Waals surface area contributed by atoms with E-state index >= 15 is 0 Å². The predicted molar refractivity (Wildman–Crippen MR) is 224 cm³/mol. The smallest absolute Gasteiger partial charge is 0.272 e. The average Bonchev–Trinajstić information content (AvgIpc) is 3.76. The SMILES string of the molecule is CC(=O)N1CCn2c(C3CCOCC3)nc(-c3cccc4cc(-c5ccc(C(=O)N6CC7(C6)CN(c6cccc8c6C(=O)N(C6CCC(=O)NC6=O)C8=O)C7)nc5)ncc34)c2C1. The summed E-state index contributed by atoms with van der Waals surface area (Å²) in [6.45, 7) is 7.21. The number of imide groups is 2. The van der Waals surface area contributed by atoms with E-state index in [0.717, 1.165) is 75.8 Å². The van der Waals surface area contributed by atoms with Crippen molar-refractivity contribution in [3.63, 3.8) is 0 Å². The molecule has 5 aromatic rings. The molecule has 9 heterocycles. The molecule has 1 unspecified atom stereocenters. The van der Waals surface area contributed by atoms with Crippen molar-refractivity contribution in [1.29, 1.82) is 0 Å². The van der Waals surface area contributed by atoms with E-state index in [4.69, 9.17) is 14.7 Å². The second kappa shape index (κ2) is 14.4. The molecule has 1 atom stereocenters. The van der Waals surface area contributed by atoms with Gasteiger partial charge in [-0.25, -0.2) is 4.98 Å². The van der Waals surface area contributed by atoms with Crippen LogP contribution >= 0.6 is 0 Å². The van der Waals surface area contributed by atoms with E-state index < -0.39 is 29.7 Å². The number of nitrogens with zero attached hydrogens (tertiary/aromatic N) is 8. The molecule has 0 bridgehead atoms. The fourth-order valence-electron chi connectivity index (χ4n) is 10.3. The topological polar surface area (TPSA) is 180 Å². The van der Waals surface area contributed by atoms with Crippen LogP contribution in [0.2, 0.25) is 0 Å². The highest BCUT2D eigenvalue weighted by atomic mass is 16.5. The number of pyridine rings is 2. The first-order valence-electron chi connectivity index (χ1n) is 21.2. The lowest BCUT2D eigenvalue weighted by molar-refractivity contribution is -0.136. The Balaban J connectivity index is 0.768. The molecule has 4 saturated heterocycles. The van der Waals surface area contributed by atoms with Gasteiger partial charge in [-0.1, -0.05) is 24.3 Å². The second-order valence-electron chi connectivity index (χ2n) is 17.4. The van der Waals surface area contributed by atoms with E-state index in [2.05, 4.69) is 27.0 Å². The van der Waals surface area contributed by atoms with Gasteiger partial charge in [0, 0.05) is 106 Å². The van der Waals surface area contributed by atoms with E-state index in [9.17, 15) is 28.8 Å². The number of ether oxygens (including phenoxy) is 1. The molecular weight excluding hydrogens is 791 g/mol. The zero-order valence-corrected chi connectivity index (χ0v) is 34.1. The summed E-state index contributed by atoms with van der Waals surface area (Å²) in [6, 6.07) is 15.9. The van der Waals surface area contributed by atoms with Crippen LogP contribution in [0.25, 0.3) is 33.3 Å². The van der Waals surface area contributed by atoms with Crippen LogP contribution in [0.4, 0.5) is 5.69 Å². The van der Waals surface area contributed by atoms with Gasteiger partial charge in [0.05, 0.1) is 40.4 Å². The number of likely N-dealkylation sites (tertiary alicyclic amines) is 1. The maximum absolute atomic E-state index is 13.6. The first-order valence-corrected chi connectivity index (χ1v) is 21.2. The number of piperidine rings is 1. The standard InChI is InChI=1S/C46H43N9O7/c1-26(56)51-14-15-54-37(21-51)40(50-41(54)27-12-16-62-17-13-27)30-5-2-4-28-18-34(48-20-32(28)30)29-8-9-33(47-19-29)44(60)53-24-46(25-53)22-52(23-46)35-7-3-6-31-39(35)45(61)55(43(31)59)36-10-11-38(57)49-42(36)58/h2-9,18-20,27,36H,10-17,21-25H2,1H3,(H,49,57,58). The summed E-state index contributed by atoms with van der Waals surface area (Å²) >= 11 is 0. The normalized spacial score (nSPS) is 20.9. The van der Waals surface area contributed by atoms with Crippen molar-refractivity contribution in [2.24, 2.45) is 5.41 Å². The number of hydrogen-bond donors (Lipinski definition) is 1. The van der Waals surface area contributed by atoms with Gasteiger partial charge in [0.1, 0.15) is 17.6 Å². The van der Waals surface area contributed by atoms with Crippen LogP contribution in [0, 0.1) is 5.41 Å². The number of benzene rings is 2. The number of hydrogen-bond acceptors (Lipinski definition) is 11. The highest BCUT2D eigenvalue weighted by Gasteiger charge is 2.55. The molecule has 1 spiro atoms. The van der Waals surface area contributed by atoms with Crippen molar-refractivity contribution in [3.8, 4) is 22.5 Å². The molecule has 62 heavy (non-hydrogen) atoms. The van der Waals surface area contributed by atoms with E-state index in [1.54, 1.807) is 42.3 Å². The monoisotopic (exact) mass is 833 g/mol. The number of fused-ring (bicyclic) bond motifs is 3. The van der Waals surface area contributed by atoms with Gasteiger partial charge in [0.25, 0.3) is 17.7 Å². The van der Waals surface area contributed by atoms with Crippen molar-refractivity contribution in [1.82, 2.24) is 39.5 Å². The Bertz CT molecular complexity index is 2760. The third-order valence-corrected chi connectivity index (χ3v) is 13.5. The third-order valence-electron chi connectivity index (χ3n) is 13.5. The van der Waals surface area contributed by atoms with E-state index in [1.807, 2.05) is 34.2 Å². The van der Waals surface area contributed by atoms with Crippen molar-refractivity contribution in [2.75, 3.05) is 50.8 Å². The lowest BCUT2D eigenvalue weighted by Crippen LogP contribution is -2.73.